The van der Waals surface area contributed by atoms with Crippen molar-refractivity contribution in [3.8, 4) is 0 Å². The van der Waals surface area contributed by atoms with E-state index in [9.17, 15) is 0 Å². The topological polar surface area (TPSA) is 72.5 Å². The average Bonchev–Trinajstić information content (AvgIpc) is 2.87. The third-order valence-electron chi connectivity index (χ3n) is 2.74. The summed E-state index contributed by atoms with van der Waals surface area (Å²) < 4.78 is 7.55. The smallest absolute Gasteiger partial charge is 0.246 e. The van der Waals surface area contributed by atoms with Gasteiger partial charge in [0.05, 0.1) is 5.52 Å². The van der Waals surface area contributed by atoms with Crippen LogP contribution in [0.25, 0.3) is 11.2 Å². The second kappa shape index (κ2) is 4.02. The largest absolute Gasteiger partial charge is 0.337 e. The lowest BCUT2D eigenvalue weighted by Gasteiger charge is -1.99. The lowest BCUT2D eigenvalue weighted by molar-refractivity contribution is 0.368. The van der Waals surface area contributed by atoms with Gasteiger partial charge in [-0.15, -0.1) is 0 Å². The summed E-state index contributed by atoms with van der Waals surface area (Å²) in [5.41, 5.74) is 2.85. The monoisotopic (exact) mass is 261 g/mol. The highest BCUT2D eigenvalue weighted by Gasteiger charge is 2.11. The predicted molar refractivity (Wildman–Crippen MR) is 67.8 cm³/mol. The van der Waals surface area contributed by atoms with E-state index in [1.54, 1.807) is 13.1 Å². The Morgan fingerprint density at radius 1 is 1.44 bits per heavy atom. The van der Waals surface area contributed by atoms with Crippen molar-refractivity contribution in [3.05, 3.63) is 34.3 Å². The van der Waals surface area contributed by atoms with Gasteiger partial charge in [0.15, 0.2) is 16.2 Å². The fourth-order valence-corrected chi connectivity index (χ4v) is 2.11. The molecule has 0 aromatic carbocycles. The van der Waals surface area contributed by atoms with Crippen molar-refractivity contribution in [2.24, 2.45) is 0 Å². The van der Waals surface area contributed by atoms with Gasteiger partial charge in [-0.05, 0) is 37.7 Å². The van der Waals surface area contributed by atoms with Crippen LogP contribution >= 0.6 is 12.2 Å². The molecule has 1 N–H and O–H groups in total. The Balaban J connectivity index is 2.14. The second-order valence-electron chi connectivity index (χ2n) is 4.08. The number of pyridine rings is 1. The molecule has 0 fully saturated rings. The molecular weight excluding hydrogens is 250 g/mol. The lowest BCUT2D eigenvalue weighted by atomic mass is 10.3. The third-order valence-corrected chi connectivity index (χ3v) is 3.06. The van der Waals surface area contributed by atoms with E-state index in [0.29, 0.717) is 23.0 Å². The number of aromatic amines is 1. The molecular formula is C11H11N5OS. The highest BCUT2D eigenvalue weighted by Crippen LogP contribution is 2.16. The Labute approximate surface area is 108 Å². The maximum Gasteiger partial charge on any atom is 0.246 e. The van der Waals surface area contributed by atoms with Gasteiger partial charge < -0.3 is 9.51 Å². The molecule has 0 spiro atoms. The number of nitrogens with one attached hydrogen (secondary N) is 1. The summed E-state index contributed by atoms with van der Waals surface area (Å²) in [6.07, 6.45) is 1.76. The second-order valence-corrected chi connectivity index (χ2v) is 4.46. The van der Waals surface area contributed by atoms with Gasteiger partial charge in [0, 0.05) is 6.20 Å². The van der Waals surface area contributed by atoms with Crippen molar-refractivity contribution in [2.45, 2.75) is 20.4 Å². The molecule has 3 heterocycles. The van der Waals surface area contributed by atoms with E-state index in [2.05, 4.69) is 20.1 Å². The molecule has 0 unspecified atom stereocenters. The molecule has 92 valence electrons. The van der Waals surface area contributed by atoms with Crippen molar-refractivity contribution < 1.29 is 4.52 Å². The van der Waals surface area contributed by atoms with Crippen molar-refractivity contribution in [3.63, 3.8) is 0 Å². The molecule has 0 saturated carbocycles. The van der Waals surface area contributed by atoms with Crippen LogP contribution < -0.4 is 0 Å². The van der Waals surface area contributed by atoms with Crippen LogP contribution in [-0.4, -0.2) is 24.7 Å². The zero-order valence-electron chi connectivity index (χ0n) is 9.97. The van der Waals surface area contributed by atoms with Gasteiger partial charge in [-0.1, -0.05) is 5.16 Å². The Hall–Kier alpha value is -2.02. The minimum Gasteiger partial charge on any atom is -0.337 e. The van der Waals surface area contributed by atoms with Gasteiger partial charge in [-0.3, -0.25) is 4.57 Å². The first-order valence-electron chi connectivity index (χ1n) is 5.48. The SMILES string of the molecule is Cc1noc(Cn2c(=S)[nH]c3c(C)ccnc32)n1. The maximum atomic E-state index is 5.30. The summed E-state index contributed by atoms with van der Waals surface area (Å²) in [4.78, 5) is 11.7. The number of imidazole rings is 1. The first-order valence-corrected chi connectivity index (χ1v) is 5.89. The molecule has 0 saturated heterocycles. The lowest BCUT2D eigenvalue weighted by Crippen LogP contribution is -2.01. The number of hydrogen-bond acceptors (Lipinski definition) is 5. The zero-order valence-corrected chi connectivity index (χ0v) is 10.8. The highest BCUT2D eigenvalue weighted by molar-refractivity contribution is 7.71. The number of H-pyrrole nitrogens is 1. The van der Waals surface area contributed by atoms with Crippen molar-refractivity contribution in [2.75, 3.05) is 0 Å². The molecule has 0 bridgehead atoms. The average molecular weight is 261 g/mol. The molecule has 0 amide bonds. The van der Waals surface area contributed by atoms with Gasteiger partial charge >= 0.3 is 0 Å². The maximum absolute atomic E-state index is 5.30. The van der Waals surface area contributed by atoms with Crippen LogP contribution in [0, 0.1) is 18.6 Å². The molecule has 18 heavy (non-hydrogen) atoms. The van der Waals surface area contributed by atoms with E-state index in [1.807, 2.05) is 17.6 Å². The zero-order chi connectivity index (χ0) is 12.7. The van der Waals surface area contributed by atoms with E-state index in [0.717, 1.165) is 16.7 Å². The molecule has 7 heteroatoms. The number of rotatable bonds is 2. The van der Waals surface area contributed by atoms with E-state index in [4.69, 9.17) is 16.7 Å². The Kier molecular flexibility index (Phi) is 2.48. The molecule has 0 atom stereocenters. The first kappa shape index (κ1) is 11.1. The van der Waals surface area contributed by atoms with Crippen LogP contribution in [0.3, 0.4) is 0 Å². The van der Waals surface area contributed by atoms with Crippen LogP contribution in [-0.2, 0) is 6.54 Å². The highest BCUT2D eigenvalue weighted by atomic mass is 32.1. The fourth-order valence-electron chi connectivity index (χ4n) is 1.86. The normalized spacial score (nSPS) is 11.2. The van der Waals surface area contributed by atoms with Gasteiger partial charge in [0.1, 0.15) is 6.54 Å². The number of hydrogen-bond donors (Lipinski definition) is 1. The van der Waals surface area contributed by atoms with Crippen LogP contribution in [0.2, 0.25) is 0 Å². The summed E-state index contributed by atoms with van der Waals surface area (Å²) in [5, 5.41) is 3.76. The Morgan fingerprint density at radius 3 is 3.00 bits per heavy atom. The summed E-state index contributed by atoms with van der Waals surface area (Å²) in [6, 6.07) is 1.94. The summed E-state index contributed by atoms with van der Waals surface area (Å²) in [7, 11) is 0. The summed E-state index contributed by atoms with van der Waals surface area (Å²) in [5.74, 6) is 1.13. The van der Waals surface area contributed by atoms with Crippen LogP contribution in [0.15, 0.2) is 16.8 Å². The predicted octanol–water partition coefficient (Wildman–Crippen LogP) is 2.14. The van der Waals surface area contributed by atoms with E-state index < -0.39 is 0 Å². The standard InChI is InChI=1S/C11H11N5OS/c1-6-3-4-12-10-9(6)14-11(18)16(10)5-8-13-7(2)15-17-8/h3-4H,5H2,1-2H3,(H,14,18). The summed E-state index contributed by atoms with van der Waals surface area (Å²) in [6.45, 7) is 4.22. The Morgan fingerprint density at radius 2 is 2.28 bits per heavy atom. The number of aromatic nitrogens is 5. The molecule has 3 aromatic heterocycles. The minimum atomic E-state index is 0.427. The van der Waals surface area contributed by atoms with E-state index >= 15 is 0 Å². The van der Waals surface area contributed by atoms with Crippen molar-refractivity contribution in [1.29, 1.82) is 0 Å². The molecule has 0 aliphatic heterocycles. The van der Waals surface area contributed by atoms with Gasteiger partial charge in [0.25, 0.3) is 0 Å². The first-order chi connectivity index (χ1) is 8.65. The number of nitrogens with zero attached hydrogens (tertiary/aromatic N) is 4. The van der Waals surface area contributed by atoms with Gasteiger partial charge in [0.2, 0.25) is 5.89 Å². The third kappa shape index (κ3) is 1.72. The quantitative estimate of drug-likeness (QED) is 0.715. The molecule has 0 aliphatic carbocycles. The number of fused-ring (bicyclic) bond motifs is 1. The molecule has 6 nitrogen and oxygen atoms in total. The van der Waals surface area contributed by atoms with E-state index in [-0.39, 0.29) is 0 Å². The van der Waals surface area contributed by atoms with Crippen molar-refractivity contribution in [1.82, 2.24) is 24.7 Å². The van der Waals surface area contributed by atoms with Gasteiger partial charge in [-0.25, -0.2) is 4.98 Å². The van der Waals surface area contributed by atoms with Crippen LogP contribution in [0.1, 0.15) is 17.3 Å². The van der Waals surface area contributed by atoms with Crippen LogP contribution in [0.5, 0.6) is 0 Å². The fraction of sp³-hybridized carbons (Fsp3) is 0.273. The minimum absolute atomic E-state index is 0.427. The Bertz CT molecular complexity index is 769. The van der Waals surface area contributed by atoms with E-state index in [1.165, 1.54) is 0 Å². The molecule has 0 radical (unpaired) electrons. The van der Waals surface area contributed by atoms with Crippen molar-refractivity contribution >= 4 is 23.4 Å². The van der Waals surface area contributed by atoms with Crippen LogP contribution in [0.4, 0.5) is 0 Å². The molecule has 0 aliphatic rings. The molecule has 3 rings (SSSR count). The molecule has 3 aromatic rings. The summed E-state index contributed by atoms with van der Waals surface area (Å²) >= 11 is 5.30. The number of aryl methyl sites for hydroxylation is 2. The van der Waals surface area contributed by atoms with Gasteiger partial charge in [-0.2, -0.15) is 4.98 Å².